The van der Waals surface area contributed by atoms with Crippen LogP contribution in [0.25, 0.3) is 0 Å². The first-order valence-electron chi connectivity index (χ1n) is 8.80. The third-order valence-electron chi connectivity index (χ3n) is 4.29. The van der Waals surface area contributed by atoms with Crippen LogP contribution in [0.15, 0.2) is 24.3 Å². The van der Waals surface area contributed by atoms with Gasteiger partial charge in [0.25, 0.3) is 0 Å². The number of ether oxygens (including phenoxy) is 1. The lowest BCUT2D eigenvalue weighted by molar-refractivity contribution is -0.192. The van der Waals surface area contributed by atoms with Crippen molar-refractivity contribution in [3.8, 4) is 5.75 Å². The topological polar surface area (TPSA) is 53.0 Å². The fraction of sp³-hybridized carbons (Fsp3) is 0.611. The summed E-state index contributed by atoms with van der Waals surface area (Å²) in [6, 6.07) is 5.94. The summed E-state index contributed by atoms with van der Waals surface area (Å²) in [7, 11) is 4.15. The van der Waals surface area contributed by atoms with E-state index in [1.807, 2.05) is 0 Å². The minimum atomic E-state index is -5.08. The molecular formula is C18H24F6N2O3. The molecule has 2 rings (SSSR count). The van der Waals surface area contributed by atoms with Crippen LogP contribution < -0.4 is 4.74 Å². The number of nitrogens with zero attached hydrogens (tertiary/aromatic N) is 2. The largest absolute Gasteiger partial charge is 0.493 e. The van der Waals surface area contributed by atoms with Crippen LogP contribution in [-0.2, 0) is 11.0 Å². The Kier molecular flexibility index (Phi) is 9.21. The smallest absolute Gasteiger partial charge is 0.490 e. The first-order chi connectivity index (χ1) is 13.3. The molecule has 1 fully saturated rings. The highest BCUT2D eigenvalue weighted by Crippen LogP contribution is 2.35. The molecular weight excluding hydrogens is 406 g/mol. The van der Waals surface area contributed by atoms with Gasteiger partial charge in [0, 0.05) is 19.1 Å². The normalized spacial score (nSPS) is 17.8. The van der Waals surface area contributed by atoms with Gasteiger partial charge in [-0.1, -0.05) is 12.1 Å². The van der Waals surface area contributed by atoms with E-state index in [0.717, 1.165) is 38.5 Å². The number of para-hydroxylation sites is 1. The van der Waals surface area contributed by atoms with E-state index in [9.17, 15) is 26.3 Å². The van der Waals surface area contributed by atoms with Gasteiger partial charge in [-0.15, -0.1) is 0 Å². The second-order valence-corrected chi connectivity index (χ2v) is 6.71. The Morgan fingerprint density at radius 2 is 1.79 bits per heavy atom. The van der Waals surface area contributed by atoms with Gasteiger partial charge in [0.2, 0.25) is 0 Å². The van der Waals surface area contributed by atoms with Crippen molar-refractivity contribution in [3.05, 3.63) is 29.8 Å². The van der Waals surface area contributed by atoms with Gasteiger partial charge in [-0.25, -0.2) is 4.79 Å². The van der Waals surface area contributed by atoms with E-state index in [0.29, 0.717) is 12.6 Å². The molecule has 5 nitrogen and oxygen atoms in total. The summed E-state index contributed by atoms with van der Waals surface area (Å²) in [6.07, 6.45) is -7.58. The molecule has 29 heavy (non-hydrogen) atoms. The number of halogens is 6. The molecule has 0 unspecified atom stereocenters. The quantitative estimate of drug-likeness (QED) is 0.551. The minimum absolute atomic E-state index is 0.0809. The Labute approximate surface area is 164 Å². The fourth-order valence-corrected chi connectivity index (χ4v) is 2.73. The van der Waals surface area contributed by atoms with E-state index >= 15 is 0 Å². The summed E-state index contributed by atoms with van der Waals surface area (Å²) < 4.78 is 75.6. The van der Waals surface area contributed by atoms with Gasteiger partial charge in [0.1, 0.15) is 5.75 Å². The van der Waals surface area contributed by atoms with Crippen LogP contribution in [0, 0.1) is 0 Å². The first-order valence-corrected chi connectivity index (χ1v) is 8.80. The van der Waals surface area contributed by atoms with Crippen molar-refractivity contribution in [2.45, 2.75) is 31.2 Å². The molecule has 0 aromatic heterocycles. The maximum absolute atomic E-state index is 12.8. The number of carbonyl (C=O) groups is 1. The second-order valence-electron chi connectivity index (χ2n) is 6.71. The second kappa shape index (κ2) is 10.7. The van der Waals surface area contributed by atoms with E-state index in [2.05, 4.69) is 23.9 Å². The molecule has 1 aliphatic heterocycles. The minimum Gasteiger partial charge on any atom is -0.493 e. The number of likely N-dealkylation sites (N-methyl/N-ethyl adjacent to an activating group) is 1. The molecule has 1 N–H and O–H groups in total. The van der Waals surface area contributed by atoms with Crippen molar-refractivity contribution in [2.75, 3.05) is 40.3 Å². The molecule has 0 spiro atoms. The summed E-state index contributed by atoms with van der Waals surface area (Å²) in [5, 5.41) is 7.12. The number of likely N-dealkylation sites (tertiary alicyclic amines) is 1. The maximum atomic E-state index is 12.8. The highest BCUT2D eigenvalue weighted by Gasteiger charge is 2.38. The lowest BCUT2D eigenvalue weighted by Crippen LogP contribution is -2.32. The van der Waals surface area contributed by atoms with Crippen LogP contribution >= 0.6 is 0 Å². The summed E-state index contributed by atoms with van der Waals surface area (Å²) in [6.45, 7) is 3.23. The highest BCUT2D eigenvalue weighted by atomic mass is 19.4. The number of carboxylic acids is 1. The van der Waals surface area contributed by atoms with Crippen molar-refractivity contribution >= 4 is 5.97 Å². The molecule has 11 heteroatoms. The molecule has 1 atom stereocenters. The highest BCUT2D eigenvalue weighted by molar-refractivity contribution is 5.73. The molecule has 1 aliphatic rings. The van der Waals surface area contributed by atoms with Gasteiger partial charge in [0.15, 0.2) is 0 Å². The predicted octanol–water partition coefficient (Wildman–Crippen LogP) is 3.74. The number of carboxylic acid groups (broad SMARTS) is 1. The standard InChI is InChI=1S/C16H23F3N2O.C2HF3O2/c1-20(2)13-8-10-21(12-13)9-5-11-22-15-7-4-3-6-14(15)16(17,18)19;3-2(4,5)1(6)7/h3-4,6-7,13H,5,8-12H2,1-2H3;(H,6,7)/t13-;/m0./s1. The van der Waals surface area contributed by atoms with E-state index in [1.54, 1.807) is 6.07 Å². The third kappa shape index (κ3) is 8.90. The Balaban J connectivity index is 0.000000516. The van der Waals surface area contributed by atoms with Crippen molar-refractivity contribution in [3.63, 3.8) is 0 Å². The Hall–Kier alpha value is -2.01. The summed E-state index contributed by atoms with van der Waals surface area (Å²) in [4.78, 5) is 13.5. The van der Waals surface area contributed by atoms with Gasteiger partial charge in [-0.3, -0.25) is 0 Å². The molecule has 0 radical (unpaired) electrons. The van der Waals surface area contributed by atoms with Crippen LogP contribution in [0.1, 0.15) is 18.4 Å². The third-order valence-corrected chi connectivity index (χ3v) is 4.29. The predicted molar refractivity (Wildman–Crippen MR) is 93.8 cm³/mol. The van der Waals surface area contributed by atoms with E-state index in [4.69, 9.17) is 14.6 Å². The average molecular weight is 430 g/mol. The molecule has 0 amide bonds. The van der Waals surface area contributed by atoms with Gasteiger partial charge < -0.3 is 19.6 Å². The zero-order chi connectivity index (χ0) is 22.2. The molecule has 0 bridgehead atoms. The van der Waals surface area contributed by atoms with Crippen molar-refractivity contribution in [2.24, 2.45) is 0 Å². The lowest BCUT2D eigenvalue weighted by atomic mass is 10.2. The van der Waals surface area contributed by atoms with Gasteiger partial charge in [0.05, 0.1) is 12.2 Å². The van der Waals surface area contributed by atoms with E-state index in [1.165, 1.54) is 12.1 Å². The van der Waals surface area contributed by atoms with Crippen LogP contribution in [0.5, 0.6) is 5.75 Å². The van der Waals surface area contributed by atoms with Gasteiger partial charge in [-0.05, 0) is 45.6 Å². The molecule has 1 aromatic rings. The van der Waals surface area contributed by atoms with Crippen LogP contribution in [0.4, 0.5) is 26.3 Å². The number of aliphatic carboxylic acids is 1. The molecule has 0 aliphatic carbocycles. The molecule has 1 saturated heterocycles. The Morgan fingerprint density at radius 1 is 1.21 bits per heavy atom. The van der Waals surface area contributed by atoms with Crippen molar-refractivity contribution in [1.29, 1.82) is 0 Å². The zero-order valence-corrected chi connectivity index (χ0v) is 16.1. The van der Waals surface area contributed by atoms with Crippen LogP contribution in [0.3, 0.4) is 0 Å². The van der Waals surface area contributed by atoms with E-state index in [-0.39, 0.29) is 5.75 Å². The average Bonchev–Trinajstić information content (AvgIpc) is 3.07. The summed E-state index contributed by atoms with van der Waals surface area (Å²) in [5.41, 5.74) is -0.705. The number of benzene rings is 1. The van der Waals surface area contributed by atoms with Gasteiger partial charge >= 0.3 is 18.3 Å². The lowest BCUT2D eigenvalue weighted by Gasteiger charge is -2.20. The Bertz CT molecular complexity index is 649. The monoisotopic (exact) mass is 430 g/mol. The molecule has 1 aromatic carbocycles. The van der Waals surface area contributed by atoms with Crippen molar-refractivity contribution in [1.82, 2.24) is 9.80 Å². The van der Waals surface area contributed by atoms with Gasteiger partial charge in [-0.2, -0.15) is 26.3 Å². The zero-order valence-electron chi connectivity index (χ0n) is 16.1. The number of alkyl halides is 6. The van der Waals surface area contributed by atoms with E-state index < -0.39 is 23.9 Å². The molecule has 0 saturated carbocycles. The number of hydrogen-bond donors (Lipinski definition) is 1. The Morgan fingerprint density at radius 3 is 2.28 bits per heavy atom. The summed E-state index contributed by atoms with van der Waals surface area (Å²) >= 11 is 0. The molecule has 166 valence electrons. The fourth-order valence-electron chi connectivity index (χ4n) is 2.73. The number of rotatable bonds is 6. The van der Waals surface area contributed by atoms with Crippen LogP contribution in [-0.4, -0.2) is 73.4 Å². The summed E-state index contributed by atoms with van der Waals surface area (Å²) in [5.74, 6) is -2.84. The maximum Gasteiger partial charge on any atom is 0.490 e. The molecule has 1 heterocycles. The number of hydrogen-bond acceptors (Lipinski definition) is 4. The SMILES string of the molecule is CN(C)[C@H]1CCN(CCCOc2ccccc2C(F)(F)F)C1.O=C(O)C(F)(F)F. The van der Waals surface area contributed by atoms with Crippen LogP contribution in [0.2, 0.25) is 0 Å². The first kappa shape index (κ1) is 25.0. The van der Waals surface area contributed by atoms with Crippen molar-refractivity contribution < 1.29 is 41.0 Å².